The lowest BCUT2D eigenvalue weighted by atomic mass is 9.90. The molecule has 5 heteroatoms. The molecule has 25 heavy (non-hydrogen) atoms. The first kappa shape index (κ1) is 18.2. The van der Waals surface area contributed by atoms with Crippen molar-refractivity contribution in [3.05, 3.63) is 59.9 Å². The van der Waals surface area contributed by atoms with Crippen molar-refractivity contribution in [1.29, 1.82) is 0 Å². The van der Waals surface area contributed by atoms with Gasteiger partial charge in [0.25, 0.3) is 0 Å². The molecule has 3 rings (SSSR count). The third kappa shape index (κ3) is 5.73. The number of hydrogen-bond donors (Lipinski definition) is 1. The van der Waals surface area contributed by atoms with E-state index in [9.17, 15) is 4.39 Å². The van der Waals surface area contributed by atoms with Crippen LogP contribution in [0.5, 0.6) is 5.75 Å². The summed E-state index contributed by atoms with van der Waals surface area (Å²) in [6, 6.07) is 14.4. The lowest BCUT2D eigenvalue weighted by Gasteiger charge is -2.31. The van der Waals surface area contributed by atoms with Gasteiger partial charge in [-0.3, -0.25) is 4.90 Å². The Morgan fingerprint density at radius 1 is 1.04 bits per heavy atom. The summed E-state index contributed by atoms with van der Waals surface area (Å²) in [5.74, 6) is 1.36. The monoisotopic (exact) mass is 361 g/mol. The minimum Gasteiger partial charge on any atom is -0.492 e. The number of halogens is 1. The Morgan fingerprint density at radius 3 is 2.36 bits per heavy atom. The van der Waals surface area contributed by atoms with Gasteiger partial charge < -0.3 is 9.29 Å². The van der Waals surface area contributed by atoms with Crippen LogP contribution in [-0.2, 0) is 6.42 Å². The maximum absolute atomic E-state index is 13.0. The zero-order valence-electron chi connectivity index (χ0n) is 14.2. The quantitative estimate of drug-likeness (QED) is 0.723. The van der Waals surface area contributed by atoms with Crippen LogP contribution in [0.15, 0.2) is 53.4 Å². The average molecular weight is 361 g/mol. The minimum absolute atomic E-state index is 0.164. The maximum atomic E-state index is 13.0. The number of ether oxygens (including phenoxy) is 1. The molecule has 0 amide bonds. The summed E-state index contributed by atoms with van der Waals surface area (Å²) in [6.07, 6.45) is 3.40. The first-order valence-corrected chi connectivity index (χ1v) is 9.51. The molecule has 2 aromatic carbocycles. The predicted molar refractivity (Wildman–Crippen MR) is 99.7 cm³/mol. The molecule has 0 unspecified atom stereocenters. The van der Waals surface area contributed by atoms with Crippen molar-refractivity contribution < 1.29 is 13.7 Å². The number of likely N-dealkylation sites (tertiary alicyclic amines) is 1. The van der Waals surface area contributed by atoms with Crippen molar-refractivity contribution in [2.45, 2.75) is 24.2 Å². The van der Waals surface area contributed by atoms with E-state index in [4.69, 9.17) is 9.29 Å². The van der Waals surface area contributed by atoms with Gasteiger partial charge in [0.1, 0.15) is 18.2 Å². The van der Waals surface area contributed by atoms with Crippen LogP contribution in [0, 0.1) is 11.7 Å². The lowest BCUT2D eigenvalue weighted by molar-refractivity contribution is 0.155. The Bertz CT molecular complexity index is 640. The summed E-state index contributed by atoms with van der Waals surface area (Å²) < 4.78 is 27.7. The normalized spacial score (nSPS) is 16.1. The fourth-order valence-electron chi connectivity index (χ4n) is 3.26. The van der Waals surface area contributed by atoms with Crippen molar-refractivity contribution in [1.82, 2.24) is 4.90 Å². The van der Waals surface area contributed by atoms with Crippen molar-refractivity contribution >= 4 is 12.0 Å². The van der Waals surface area contributed by atoms with Gasteiger partial charge in [-0.05, 0) is 80.2 Å². The number of rotatable bonds is 7. The summed E-state index contributed by atoms with van der Waals surface area (Å²) >= 11 is 0.743. The van der Waals surface area contributed by atoms with Crippen molar-refractivity contribution in [3.8, 4) is 5.75 Å². The number of benzene rings is 2. The van der Waals surface area contributed by atoms with E-state index in [-0.39, 0.29) is 5.82 Å². The number of nitrogens with zero attached hydrogens (tertiary/aromatic N) is 1. The molecule has 1 aliphatic heterocycles. The van der Waals surface area contributed by atoms with Crippen LogP contribution in [0.3, 0.4) is 0 Å². The number of hydrogen-bond acceptors (Lipinski definition) is 4. The molecule has 1 saturated heterocycles. The third-order valence-corrected chi connectivity index (χ3v) is 5.23. The first-order valence-electron chi connectivity index (χ1n) is 8.74. The van der Waals surface area contributed by atoms with Gasteiger partial charge in [-0.15, -0.1) is 0 Å². The summed E-state index contributed by atoms with van der Waals surface area (Å²) in [6.45, 7) is 3.79. The molecular formula is C20H24FNO2S. The zero-order chi connectivity index (χ0) is 17.5. The van der Waals surface area contributed by atoms with Gasteiger partial charge in [0.2, 0.25) is 0 Å². The number of piperidine rings is 1. The van der Waals surface area contributed by atoms with Crippen molar-refractivity contribution in [2.75, 3.05) is 26.2 Å². The van der Waals surface area contributed by atoms with Crippen LogP contribution < -0.4 is 4.74 Å². The Hall–Kier alpha value is -1.56. The average Bonchev–Trinajstić information content (AvgIpc) is 2.66. The molecule has 0 saturated carbocycles. The van der Waals surface area contributed by atoms with Crippen molar-refractivity contribution in [3.63, 3.8) is 0 Å². The van der Waals surface area contributed by atoms with Crippen LogP contribution in [0.4, 0.5) is 4.39 Å². The zero-order valence-corrected chi connectivity index (χ0v) is 15.1. The van der Waals surface area contributed by atoms with Gasteiger partial charge in [0, 0.05) is 23.5 Å². The van der Waals surface area contributed by atoms with Crippen LogP contribution in [0.2, 0.25) is 0 Å². The molecule has 0 aliphatic carbocycles. The van der Waals surface area contributed by atoms with Crippen molar-refractivity contribution in [2.24, 2.45) is 5.92 Å². The van der Waals surface area contributed by atoms with Gasteiger partial charge in [0.15, 0.2) is 0 Å². The van der Waals surface area contributed by atoms with Crippen LogP contribution in [0.1, 0.15) is 18.4 Å². The van der Waals surface area contributed by atoms with Gasteiger partial charge in [-0.2, -0.15) is 0 Å². The Morgan fingerprint density at radius 2 is 1.72 bits per heavy atom. The van der Waals surface area contributed by atoms with E-state index < -0.39 is 0 Å². The highest BCUT2D eigenvalue weighted by atomic mass is 32.2. The third-order valence-electron chi connectivity index (χ3n) is 4.75. The SMILES string of the molecule is OSc1ccc(OCCN2CCC(Cc3ccc(F)cc3)CC2)cc1. The van der Waals surface area contributed by atoms with Gasteiger partial charge in [-0.25, -0.2) is 4.39 Å². The summed E-state index contributed by atoms with van der Waals surface area (Å²) in [5, 5.41) is 0. The second-order valence-electron chi connectivity index (χ2n) is 6.53. The molecule has 2 aromatic rings. The van der Waals surface area contributed by atoms with Crippen LogP contribution >= 0.6 is 12.0 Å². The highest BCUT2D eigenvalue weighted by Crippen LogP contribution is 2.22. The summed E-state index contributed by atoms with van der Waals surface area (Å²) in [5.41, 5.74) is 1.23. The molecule has 0 radical (unpaired) electrons. The minimum atomic E-state index is -0.164. The predicted octanol–water partition coefficient (Wildman–Crippen LogP) is 4.72. The Kier molecular flexibility index (Phi) is 6.73. The smallest absolute Gasteiger partial charge is 0.123 e. The van der Waals surface area contributed by atoms with E-state index in [0.29, 0.717) is 12.5 Å². The van der Waals surface area contributed by atoms with E-state index in [1.54, 1.807) is 12.1 Å². The molecule has 134 valence electrons. The highest BCUT2D eigenvalue weighted by Gasteiger charge is 2.19. The van der Waals surface area contributed by atoms with E-state index in [0.717, 1.165) is 48.7 Å². The fraction of sp³-hybridized carbons (Fsp3) is 0.400. The molecule has 1 N–H and O–H groups in total. The van der Waals surface area contributed by atoms with Crippen LogP contribution in [-0.4, -0.2) is 35.7 Å². The van der Waals surface area contributed by atoms with Crippen LogP contribution in [0.25, 0.3) is 0 Å². The second-order valence-corrected chi connectivity index (χ2v) is 7.18. The lowest BCUT2D eigenvalue weighted by Crippen LogP contribution is -2.37. The highest BCUT2D eigenvalue weighted by molar-refractivity contribution is 7.93. The van der Waals surface area contributed by atoms with Gasteiger partial charge >= 0.3 is 0 Å². The summed E-state index contributed by atoms with van der Waals surface area (Å²) in [7, 11) is 0. The largest absolute Gasteiger partial charge is 0.492 e. The van der Waals surface area contributed by atoms with Gasteiger partial charge in [-0.1, -0.05) is 12.1 Å². The molecule has 0 spiro atoms. The van der Waals surface area contributed by atoms with E-state index in [1.165, 1.54) is 18.4 Å². The molecule has 1 aliphatic rings. The maximum Gasteiger partial charge on any atom is 0.123 e. The Labute approximate surface area is 153 Å². The Balaban J connectivity index is 1.35. The molecule has 0 aromatic heterocycles. The topological polar surface area (TPSA) is 32.7 Å². The molecule has 1 heterocycles. The molecule has 3 nitrogen and oxygen atoms in total. The molecule has 0 atom stereocenters. The second kappa shape index (κ2) is 9.22. The van der Waals surface area contributed by atoms with E-state index >= 15 is 0 Å². The standard InChI is InChI=1S/C20H24FNO2S/c21-18-3-1-16(2-4-18)15-17-9-11-22(12-10-17)13-14-24-19-5-7-20(25-23)8-6-19/h1-8,17,23H,9-15H2. The van der Waals surface area contributed by atoms with E-state index in [2.05, 4.69) is 4.90 Å². The first-order chi connectivity index (χ1) is 12.2. The van der Waals surface area contributed by atoms with Gasteiger partial charge in [0.05, 0.1) is 0 Å². The molecule has 1 fully saturated rings. The van der Waals surface area contributed by atoms with E-state index in [1.807, 2.05) is 36.4 Å². The molecule has 0 bridgehead atoms. The molecular weight excluding hydrogens is 337 g/mol. The summed E-state index contributed by atoms with van der Waals surface area (Å²) in [4.78, 5) is 3.26. The fourth-order valence-corrected chi connectivity index (χ4v) is 3.52.